The van der Waals surface area contributed by atoms with Crippen LogP contribution in [0.25, 0.3) is 0 Å². The highest BCUT2D eigenvalue weighted by atomic mass is 79.9. The van der Waals surface area contributed by atoms with Gasteiger partial charge in [-0.15, -0.1) is 0 Å². The molecule has 3 aromatic carbocycles. The van der Waals surface area contributed by atoms with Crippen LogP contribution < -0.4 is 4.90 Å². The molecule has 172 valence electrons. The topological polar surface area (TPSA) is 57.7 Å². The quantitative estimate of drug-likeness (QED) is 0.447. The normalized spacial score (nSPS) is 15.7. The van der Waals surface area contributed by atoms with Crippen molar-refractivity contribution in [3.8, 4) is 0 Å². The van der Waals surface area contributed by atoms with Crippen LogP contribution in [0.5, 0.6) is 0 Å². The lowest BCUT2D eigenvalue weighted by molar-refractivity contribution is -0.119. The van der Waals surface area contributed by atoms with Gasteiger partial charge in [-0.1, -0.05) is 51.8 Å². The fourth-order valence-electron chi connectivity index (χ4n) is 4.11. The molecule has 1 amide bonds. The van der Waals surface area contributed by atoms with Crippen LogP contribution >= 0.6 is 15.9 Å². The van der Waals surface area contributed by atoms with Crippen LogP contribution in [-0.2, 0) is 27.8 Å². The largest absolute Gasteiger partial charge is 0.308 e. The van der Waals surface area contributed by atoms with Crippen LogP contribution in [0.15, 0.2) is 76.1 Å². The van der Waals surface area contributed by atoms with E-state index in [4.69, 9.17) is 0 Å². The highest BCUT2D eigenvalue weighted by Crippen LogP contribution is 2.34. The molecule has 1 aliphatic heterocycles. The van der Waals surface area contributed by atoms with E-state index in [9.17, 15) is 17.6 Å². The molecule has 0 N–H and O–H groups in total. The van der Waals surface area contributed by atoms with Gasteiger partial charge in [0.25, 0.3) is 0 Å². The molecule has 0 aliphatic carbocycles. The molecule has 0 saturated heterocycles. The second-order valence-corrected chi connectivity index (χ2v) is 11.1. The summed E-state index contributed by atoms with van der Waals surface area (Å²) in [5.74, 6) is -0.866. The molecule has 4 rings (SSSR count). The van der Waals surface area contributed by atoms with Gasteiger partial charge >= 0.3 is 0 Å². The average Bonchev–Trinajstić information content (AvgIpc) is 3.09. The van der Waals surface area contributed by atoms with Crippen molar-refractivity contribution >= 4 is 37.5 Å². The fourth-order valence-corrected chi connectivity index (χ4v) is 5.88. The zero-order valence-electron chi connectivity index (χ0n) is 18.3. The van der Waals surface area contributed by atoms with Crippen LogP contribution in [0, 0.1) is 12.7 Å². The molecule has 0 saturated carbocycles. The van der Waals surface area contributed by atoms with Crippen molar-refractivity contribution in [1.29, 1.82) is 0 Å². The first-order valence-electron chi connectivity index (χ1n) is 10.6. The SMILES string of the molecule is Cc1ccc(S(=O)(=O)N(CC(=O)N2c3ccc(Br)cc3C[C@@H]2C)Cc2ccccc2F)cc1. The molecule has 1 atom stereocenters. The Morgan fingerprint density at radius 2 is 1.82 bits per heavy atom. The summed E-state index contributed by atoms with van der Waals surface area (Å²) in [6.45, 7) is 3.15. The van der Waals surface area contributed by atoms with Crippen molar-refractivity contribution in [2.75, 3.05) is 11.4 Å². The molecule has 0 spiro atoms. The molecule has 0 radical (unpaired) electrons. The molecule has 1 aliphatic rings. The van der Waals surface area contributed by atoms with Crippen molar-refractivity contribution in [1.82, 2.24) is 4.31 Å². The Kier molecular flexibility index (Phi) is 6.70. The van der Waals surface area contributed by atoms with Gasteiger partial charge in [0.15, 0.2) is 0 Å². The maximum absolute atomic E-state index is 14.4. The van der Waals surface area contributed by atoms with E-state index in [0.717, 1.165) is 25.6 Å². The average molecular weight is 531 g/mol. The number of hydrogen-bond acceptors (Lipinski definition) is 3. The van der Waals surface area contributed by atoms with Gasteiger partial charge in [0.05, 0.1) is 11.4 Å². The Bertz CT molecular complexity index is 1300. The number of sulfonamides is 1. The Labute approximate surface area is 202 Å². The summed E-state index contributed by atoms with van der Waals surface area (Å²) in [7, 11) is -4.05. The van der Waals surface area contributed by atoms with E-state index in [1.807, 2.05) is 32.0 Å². The molecule has 8 heteroatoms. The number of anilines is 1. The molecule has 5 nitrogen and oxygen atoms in total. The standard InChI is InChI=1S/C25H24BrFN2O3S/c1-17-7-10-22(11-8-17)33(31,32)28(15-19-5-3-4-6-23(19)27)16-25(30)29-18(2)13-20-14-21(26)9-12-24(20)29/h3-12,14,18H,13,15-16H2,1-2H3/t18-/m0/s1. The number of fused-ring (bicyclic) bond motifs is 1. The zero-order chi connectivity index (χ0) is 23.8. The van der Waals surface area contributed by atoms with Gasteiger partial charge in [-0.2, -0.15) is 4.31 Å². The monoisotopic (exact) mass is 530 g/mol. The lowest BCUT2D eigenvalue weighted by Crippen LogP contribution is -2.44. The van der Waals surface area contributed by atoms with Gasteiger partial charge < -0.3 is 4.90 Å². The van der Waals surface area contributed by atoms with Gasteiger partial charge in [-0.05, 0) is 62.2 Å². The van der Waals surface area contributed by atoms with E-state index in [2.05, 4.69) is 15.9 Å². The number of carbonyl (C=O) groups excluding carboxylic acids is 1. The molecule has 1 heterocycles. The summed E-state index contributed by atoms with van der Waals surface area (Å²) in [6.07, 6.45) is 0.679. The van der Waals surface area contributed by atoms with E-state index < -0.39 is 22.4 Å². The molecular weight excluding hydrogens is 507 g/mol. The van der Waals surface area contributed by atoms with Gasteiger partial charge in [0, 0.05) is 28.3 Å². The Hall–Kier alpha value is -2.55. The molecule has 3 aromatic rings. The van der Waals surface area contributed by atoms with E-state index in [1.54, 1.807) is 29.2 Å². The van der Waals surface area contributed by atoms with Crippen molar-refractivity contribution in [3.63, 3.8) is 0 Å². The number of aryl methyl sites for hydroxylation is 1. The third kappa shape index (κ3) is 4.88. The Morgan fingerprint density at radius 3 is 2.52 bits per heavy atom. The van der Waals surface area contributed by atoms with Crippen molar-refractivity contribution in [2.24, 2.45) is 0 Å². The molecule has 0 unspecified atom stereocenters. The first kappa shape index (κ1) is 23.6. The van der Waals surface area contributed by atoms with Crippen LogP contribution in [0.2, 0.25) is 0 Å². The van der Waals surface area contributed by atoms with Crippen molar-refractivity contribution < 1.29 is 17.6 Å². The van der Waals surface area contributed by atoms with E-state index in [1.165, 1.54) is 24.3 Å². The number of hydrogen-bond donors (Lipinski definition) is 0. The van der Waals surface area contributed by atoms with Crippen LogP contribution in [0.4, 0.5) is 10.1 Å². The Morgan fingerprint density at radius 1 is 1.12 bits per heavy atom. The predicted octanol–water partition coefficient (Wildman–Crippen LogP) is 5.07. The minimum absolute atomic E-state index is 0.0658. The lowest BCUT2D eigenvalue weighted by atomic mass is 10.1. The molecule has 33 heavy (non-hydrogen) atoms. The number of rotatable bonds is 6. The van der Waals surface area contributed by atoms with E-state index in [0.29, 0.717) is 6.42 Å². The van der Waals surface area contributed by atoms with E-state index in [-0.39, 0.29) is 29.0 Å². The highest BCUT2D eigenvalue weighted by molar-refractivity contribution is 9.10. The molecular formula is C25H24BrFN2O3S. The summed E-state index contributed by atoms with van der Waals surface area (Å²) < 4.78 is 43.4. The smallest absolute Gasteiger partial charge is 0.243 e. The molecule has 0 fully saturated rings. The summed E-state index contributed by atoms with van der Waals surface area (Å²) in [5.41, 5.74) is 2.92. The van der Waals surface area contributed by atoms with Crippen molar-refractivity contribution in [2.45, 2.75) is 37.8 Å². The molecule has 0 aromatic heterocycles. The second kappa shape index (κ2) is 9.37. The third-order valence-electron chi connectivity index (χ3n) is 5.80. The minimum Gasteiger partial charge on any atom is -0.308 e. The number of halogens is 2. The van der Waals surface area contributed by atoms with Gasteiger partial charge in [-0.3, -0.25) is 4.79 Å². The van der Waals surface area contributed by atoms with Crippen LogP contribution in [0.1, 0.15) is 23.6 Å². The zero-order valence-corrected chi connectivity index (χ0v) is 20.7. The van der Waals surface area contributed by atoms with E-state index >= 15 is 0 Å². The second-order valence-electron chi connectivity index (χ2n) is 8.27. The number of carbonyl (C=O) groups is 1. The number of benzene rings is 3. The summed E-state index contributed by atoms with van der Waals surface area (Å²) in [6, 6.07) is 18.0. The fraction of sp³-hybridized carbons (Fsp3) is 0.240. The van der Waals surface area contributed by atoms with Crippen LogP contribution in [-0.4, -0.2) is 31.2 Å². The van der Waals surface area contributed by atoms with Gasteiger partial charge in [0.1, 0.15) is 5.82 Å². The van der Waals surface area contributed by atoms with Gasteiger partial charge in [0.2, 0.25) is 15.9 Å². The maximum Gasteiger partial charge on any atom is 0.243 e. The third-order valence-corrected chi connectivity index (χ3v) is 8.10. The lowest BCUT2D eigenvalue weighted by Gasteiger charge is -2.28. The Balaban J connectivity index is 1.69. The van der Waals surface area contributed by atoms with Crippen LogP contribution in [0.3, 0.4) is 0 Å². The summed E-state index contributed by atoms with van der Waals surface area (Å²) >= 11 is 3.46. The summed E-state index contributed by atoms with van der Waals surface area (Å²) in [4.78, 5) is 15.1. The van der Waals surface area contributed by atoms with Crippen molar-refractivity contribution in [3.05, 3.63) is 93.7 Å². The predicted molar refractivity (Wildman–Crippen MR) is 130 cm³/mol. The number of amides is 1. The highest BCUT2D eigenvalue weighted by Gasteiger charge is 2.35. The first-order valence-corrected chi connectivity index (χ1v) is 12.8. The number of nitrogens with zero attached hydrogens (tertiary/aromatic N) is 2. The molecule has 0 bridgehead atoms. The van der Waals surface area contributed by atoms with Gasteiger partial charge in [-0.25, -0.2) is 12.8 Å². The first-order chi connectivity index (χ1) is 15.7. The minimum atomic E-state index is -4.05. The summed E-state index contributed by atoms with van der Waals surface area (Å²) in [5, 5.41) is 0. The maximum atomic E-state index is 14.4.